The molecular weight excluding hydrogens is 322 g/mol. The number of benzene rings is 2. The average Bonchev–Trinajstić information content (AvgIpc) is 2.54. The predicted molar refractivity (Wildman–Crippen MR) is 99.1 cm³/mol. The summed E-state index contributed by atoms with van der Waals surface area (Å²) in [5.41, 5.74) is 1.08. The zero-order valence-corrected chi connectivity index (χ0v) is 15.3. The molecule has 1 N–H and O–H groups in total. The molecule has 0 radical (unpaired) electrons. The van der Waals surface area contributed by atoms with E-state index in [-0.39, 0.29) is 0 Å². The highest BCUT2D eigenvalue weighted by Crippen LogP contribution is 2.34. The summed E-state index contributed by atoms with van der Waals surface area (Å²) in [4.78, 5) is 22.8. The molecule has 2 aromatic rings. The van der Waals surface area contributed by atoms with Crippen molar-refractivity contribution < 1.29 is 14.6 Å². The van der Waals surface area contributed by atoms with Gasteiger partial charge in [0.25, 0.3) is 5.24 Å². The van der Waals surface area contributed by atoms with Crippen molar-refractivity contribution >= 4 is 23.6 Å². The Morgan fingerprint density at radius 3 is 2.04 bits per heavy atom. The lowest BCUT2D eigenvalue weighted by Crippen LogP contribution is -2.30. The molecule has 0 aromatic heterocycles. The van der Waals surface area contributed by atoms with E-state index in [9.17, 15) is 4.79 Å². The Morgan fingerprint density at radius 2 is 1.42 bits per heavy atom. The van der Waals surface area contributed by atoms with Gasteiger partial charge in [0.2, 0.25) is 0 Å². The number of amides is 1. The van der Waals surface area contributed by atoms with Gasteiger partial charge in [0.15, 0.2) is 0 Å². The van der Waals surface area contributed by atoms with Crippen LogP contribution in [-0.4, -0.2) is 5.24 Å². The highest BCUT2D eigenvalue weighted by Gasteiger charge is 2.31. The maximum Gasteiger partial charge on any atom is 0.280 e. The fourth-order valence-corrected chi connectivity index (χ4v) is 2.49. The maximum atomic E-state index is 11.3. The van der Waals surface area contributed by atoms with Gasteiger partial charge in [-0.3, -0.25) is 4.79 Å². The fourth-order valence-electron chi connectivity index (χ4n) is 2.37. The Labute approximate surface area is 148 Å². The lowest BCUT2D eigenvalue weighted by molar-refractivity contribution is -0.410. The van der Waals surface area contributed by atoms with E-state index in [0.29, 0.717) is 5.69 Å². The molecule has 0 aliphatic heterocycles. The first-order valence-corrected chi connectivity index (χ1v) is 8.19. The zero-order valence-electron chi connectivity index (χ0n) is 14.4. The van der Waals surface area contributed by atoms with E-state index in [0.717, 1.165) is 11.1 Å². The van der Waals surface area contributed by atoms with Gasteiger partial charge < -0.3 is 5.32 Å². The first-order valence-electron chi connectivity index (χ1n) is 7.74. The van der Waals surface area contributed by atoms with Crippen molar-refractivity contribution in [3.63, 3.8) is 0 Å². The van der Waals surface area contributed by atoms with E-state index in [2.05, 4.69) is 17.9 Å². The molecule has 2 rings (SSSR count). The van der Waals surface area contributed by atoms with Crippen molar-refractivity contribution in [2.45, 2.75) is 38.9 Å². The SMILES string of the molecule is CC(C)(OOC(C)(C)c1ccccc1NC(=O)S)c1ccccc1. The van der Waals surface area contributed by atoms with Gasteiger partial charge in [-0.15, -0.1) is 0 Å². The smallest absolute Gasteiger partial charge is 0.280 e. The summed E-state index contributed by atoms with van der Waals surface area (Å²) in [7, 11) is 0. The normalized spacial score (nSPS) is 12.0. The molecule has 24 heavy (non-hydrogen) atoms. The summed E-state index contributed by atoms with van der Waals surface area (Å²) in [5.74, 6) is 0. The molecule has 5 heteroatoms. The molecule has 0 aliphatic carbocycles. The van der Waals surface area contributed by atoms with Gasteiger partial charge in [0, 0.05) is 11.3 Å². The van der Waals surface area contributed by atoms with Crippen LogP contribution in [0.3, 0.4) is 0 Å². The van der Waals surface area contributed by atoms with E-state index in [1.165, 1.54) is 0 Å². The van der Waals surface area contributed by atoms with E-state index >= 15 is 0 Å². The Kier molecular flexibility index (Phi) is 5.70. The number of hydrogen-bond acceptors (Lipinski definition) is 3. The summed E-state index contributed by atoms with van der Waals surface area (Å²) in [6.07, 6.45) is 0. The molecule has 0 bridgehead atoms. The Bertz CT molecular complexity index is 699. The second kappa shape index (κ2) is 7.38. The first kappa shape index (κ1) is 18.5. The summed E-state index contributed by atoms with van der Waals surface area (Å²) in [6.45, 7) is 7.66. The second-order valence-corrected chi connectivity index (χ2v) is 6.94. The molecule has 2 aromatic carbocycles. The molecular formula is C19H23NO3S. The molecule has 0 saturated carbocycles. The number of carbonyl (C=O) groups excluding carboxylic acids is 1. The number of hydrogen-bond donors (Lipinski definition) is 2. The standard InChI is InChI=1S/C19H23NO3S/c1-18(2,14-10-6-5-7-11-14)22-23-19(3,4)15-12-8-9-13-16(15)20-17(21)24/h5-13H,1-4H3,(H2,20,21,24). The average molecular weight is 345 g/mol. The van der Waals surface area contributed by atoms with Crippen LogP contribution in [0.5, 0.6) is 0 Å². The third-order valence-corrected chi connectivity index (χ3v) is 3.86. The van der Waals surface area contributed by atoms with Gasteiger partial charge in [0.05, 0.1) is 0 Å². The molecule has 128 valence electrons. The van der Waals surface area contributed by atoms with E-state index in [1.807, 2.05) is 76.2 Å². The minimum Gasteiger partial charge on any atom is -0.317 e. The van der Waals surface area contributed by atoms with Gasteiger partial charge in [-0.2, -0.15) is 0 Å². The van der Waals surface area contributed by atoms with Crippen molar-refractivity contribution in [2.24, 2.45) is 0 Å². The van der Waals surface area contributed by atoms with Crippen LogP contribution in [0.4, 0.5) is 10.5 Å². The third kappa shape index (κ3) is 4.60. The van der Waals surface area contributed by atoms with Gasteiger partial charge in [-0.25, -0.2) is 9.78 Å². The largest absolute Gasteiger partial charge is 0.317 e. The van der Waals surface area contributed by atoms with Crippen LogP contribution in [0.15, 0.2) is 54.6 Å². The number of thiol groups is 1. The number of carbonyl (C=O) groups is 1. The lowest BCUT2D eigenvalue weighted by atomic mass is 9.96. The molecule has 0 fully saturated rings. The highest BCUT2D eigenvalue weighted by atomic mass is 32.1. The van der Waals surface area contributed by atoms with Crippen LogP contribution in [0.2, 0.25) is 0 Å². The fraction of sp³-hybridized carbons (Fsp3) is 0.316. The summed E-state index contributed by atoms with van der Waals surface area (Å²) in [6, 6.07) is 17.3. The topological polar surface area (TPSA) is 47.6 Å². The quantitative estimate of drug-likeness (QED) is 0.426. The Morgan fingerprint density at radius 1 is 0.875 bits per heavy atom. The van der Waals surface area contributed by atoms with Gasteiger partial charge in [-0.1, -0.05) is 61.2 Å². The summed E-state index contributed by atoms with van der Waals surface area (Å²) >= 11 is 3.78. The Balaban J connectivity index is 2.18. The molecule has 1 amide bonds. The summed E-state index contributed by atoms with van der Waals surface area (Å²) in [5, 5.41) is 2.27. The Hall–Kier alpha value is -1.82. The zero-order chi connectivity index (χ0) is 17.8. The molecule has 0 atom stereocenters. The van der Waals surface area contributed by atoms with E-state index in [4.69, 9.17) is 9.78 Å². The van der Waals surface area contributed by atoms with Crippen LogP contribution in [0, 0.1) is 0 Å². The van der Waals surface area contributed by atoms with Crippen LogP contribution in [-0.2, 0) is 21.0 Å². The summed E-state index contributed by atoms with van der Waals surface area (Å²) < 4.78 is 0. The molecule has 4 nitrogen and oxygen atoms in total. The minimum atomic E-state index is -0.765. The molecule has 0 spiro atoms. The van der Waals surface area contributed by atoms with E-state index in [1.54, 1.807) is 6.07 Å². The molecule has 0 saturated heterocycles. The molecule has 0 unspecified atom stereocenters. The lowest BCUT2D eigenvalue weighted by Gasteiger charge is -2.32. The minimum absolute atomic E-state index is 0.427. The number of rotatable bonds is 6. The van der Waals surface area contributed by atoms with Gasteiger partial charge in [0.1, 0.15) is 11.2 Å². The van der Waals surface area contributed by atoms with Crippen LogP contribution >= 0.6 is 12.6 Å². The monoisotopic (exact) mass is 345 g/mol. The number of nitrogens with one attached hydrogen (secondary N) is 1. The van der Waals surface area contributed by atoms with Crippen molar-refractivity contribution in [1.82, 2.24) is 0 Å². The van der Waals surface area contributed by atoms with Crippen LogP contribution in [0.25, 0.3) is 0 Å². The van der Waals surface area contributed by atoms with Gasteiger partial charge in [-0.05, 0) is 39.3 Å². The highest BCUT2D eigenvalue weighted by molar-refractivity contribution is 7.96. The predicted octanol–water partition coefficient (Wildman–Crippen LogP) is 5.27. The third-order valence-electron chi connectivity index (χ3n) is 3.74. The van der Waals surface area contributed by atoms with Crippen molar-refractivity contribution in [3.05, 3.63) is 65.7 Å². The number of para-hydroxylation sites is 1. The van der Waals surface area contributed by atoms with Gasteiger partial charge >= 0.3 is 0 Å². The van der Waals surface area contributed by atoms with Crippen molar-refractivity contribution in [2.75, 3.05) is 5.32 Å². The van der Waals surface area contributed by atoms with Crippen LogP contribution < -0.4 is 5.32 Å². The van der Waals surface area contributed by atoms with Crippen molar-refractivity contribution in [1.29, 1.82) is 0 Å². The van der Waals surface area contributed by atoms with Crippen LogP contribution in [0.1, 0.15) is 38.8 Å². The number of anilines is 1. The molecule has 0 heterocycles. The van der Waals surface area contributed by atoms with E-state index < -0.39 is 16.4 Å². The second-order valence-electron chi connectivity index (χ2n) is 6.53. The maximum absolute atomic E-state index is 11.3. The van der Waals surface area contributed by atoms with Crippen molar-refractivity contribution in [3.8, 4) is 0 Å². The first-order chi connectivity index (χ1) is 11.2. The molecule has 0 aliphatic rings.